The van der Waals surface area contributed by atoms with E-state index >= 15 is 0 Å². The van der Waals surface area contributed by atoms with E-state index in [2.05, 4.69) is 30.4 Å². The molecule has 2 aliphatic heterocycles. The quantitative estimate of drug-likeness (QED) is 0.910. The summed E-state index contributed by atoms with van der Waals surface area (Å²) in [6, 6.07) is 15.5. The van der Waals surface area contributed by atoms with Crippen LogP contribution in [-0.2, 0) is 10.0 Å². The molecular weight excluding hydrogens is 320 g/mol. The van der Waals surface area contributed by atoms with E-state index < -0.39 is 10.0 Å². The van der Waals surface area contributed by atoms with Crippen LogP contribution in [0.1, 0.15) is 29.9 Å². The molecule has 0 aliphatic carbocycles. The molecule has 0 aromatic heterocycles. The largest absolute Gasteiger partial charge is 0.381 e. The molecular formula is C19H22N2O2S. The highest BCUT2D eigenvalue weighted by atomic mass is 32.2. The zero-order valence-electron chi connectivity index (χ0n) is 13.8. The summed E-state index contributed by atoms with van der Waals surface area (Å²) in [7, 11) is -3.43. The van der Waals surface area contributed by atoms with Crippen LogP contribution in [0.15, 0.2) is 53.4 Å². The van der Waals surface area contributed by atoms with Crippen molar-refractivity contribution in [1.82, 2.24) is 4.31 Å². The van der Waals surface area contributed by atoms with Gasteiger partial charge in [-0.05, 0) is 43.5 Å². The van der Waals surface area contributed by atoms with Gasteiger partial charge in [-0.3, -0.25) is 0 Å². The lowest BCUT2D eigenvalue weighted by Gasteiger charge is -2.24. The summed E-state index contributed by atoms with van der Waals surface area (Å²) < 4.78 is 27.7. The highest BCUT2D eigenvalue weighted by Crippen LogP contribution is 2.41. The van der Waals surface area contributed by atoms with Gasteiger partial charge in [0, 0.05) is 30.7 Å². The van der Waals surface area contributed by atoms with Crippen LogP contribution in [0.2, 0.25) is 0 Å². The van der Waals surface area contributed by atoms with E-state index in [-0.39, 0.29) is 5.92 Å². The summed E-state index contributed by atoms with van der Waals surface area (Å²) in [4.78, 5) is 0.388. The van der Waals surface area contributed by atoms with Gasteiger partial charge in [0.15, 0.2) is 0 Å². The SMILES string of the molecule is Cc1ccc2c(c1)C1CN(S(=O)(=O)c3ccccc3)CCCC1N2. The molecule has 4 nitrogen and oxygen atoms in total. The van der Waals surface area contributed by atoms with Gasteiger partial charge in [0.2, 0.25) is 10.0 Å². The molecule has 1 N–H and O–H groups in total. The molecule has 1 saturated heterocycles. The van der Waals surface area contributed by atoms with Crippen molar-refractivity contribution in [1.29, 1.82) is 0 Å². The molecule has 2 aliphatic rings. The van der Waals surface area contributed by atoms with Crippen LogP contribution in [0.4, 0.5) is 5.69 Å². The van der Waals surface area contributed by atoms with Crippen molar-refractivity contribution in [2.75, 3.05) is 18.4 Å². The molecule has 2 aromatic carbocycles. The number of hydrogen-bond acceptors (Lipinski definition) is 3. The summed E-state index contributed by atoms with van der Waals surface area (Å²) in [5.41, 5.74) is 3.64. The second-order valence-corrected chi connectivity index (χ2v) is 8.70. The lowest BCUT2D eigenvalue weighted by Crippen LogP contribution is -2.35. The number of benzene rings is 2. The van der Waals surface area contributed by atoms with E-state index in [9.17, 15) is 8.42 Å². The zero-order chi connectivity index (χ0) is 16.7. The van der Waals surface area contributed by atoms with Gasteiger partial charge in [-0.25, -0.2) is 8.42 Å². The first-order chi connectivity index (χ1) is 11.6. The average Bonchev–Trinajstić information content (AvgIpc) is 2.78. The highest BCUT2D eigenvalue weighted by molar-refractivity contribution is 7.89. The molecule has 4 rings (SSSR count). The summed E-state index contributed by atoms with van der Waals surface area (Å²) >= 11 is 0. The maximum Gasteiger partial charge on any atom is 0.243 e. The summed E-state index contributed by atoms with van der Waals surface area (Å²) in [5, 5.41) is 3.59. The van der Waals surface area contributed by atoms with Crippen LogP contribution in [-0.4, -0.2) is 31.9 Å². The van der Waals surface area contributed by atoms with E-state index in [0.29, 0.717) is 24.0 Å². The highest BCUT2D eigenvalue weighted by Gasteiger charge is 2.38. The van der Waals surface area contributed by atoms with E-state index in [0.717, 1.165) is 18.5 Å². The lowest BCUT2D eigenvalue weighted by molar-refractivity contribution is 0.406. The maximum atomic E-state index is 13.0. The number of nitrogens with zero attached hydrogens (tertiary/aromatic N) is 1. The van der Waals surface area contributed by atoms with Gasteiger partial charge in [-0.2, -0.15) is 4.31 Å². The first kappa shape index (κ1) is 15.7. The minimum Gasteiger partial charge on any atom is -0.381 e. The predicted molar refractivity (Wildman–Crippen MR) is 95.8 cm³/mol. The third kappa shape index (κ3) is 2.62. The number of fused-ring (bicyclic) bond motifs is 3. The molecule has 5 heteroatoms. The van der Waals surface area contributed by atoms with Crippen LogP contribution in [0, 0.1) is 6.92 Å². The van der Waals surface area contributed by atoms with Gasteiger partial charge in [-0.15, -0.1) is 0 Å². The molecule has 0 radical (unpaired) electrons. The van der Waals surface area contributed by atoms with Crippen molar-refractivity contribution in [3.8, 4) is 0 Å². The van der Waals surface area contributed by atoms with Crippen molar-refractivity contribution >= 4 is 15.7 Å². The third-order valence-corrected chi connectivity index (χ3v) is 7.02. The summed E-state index contributed by atoms with van der Waals surface area (Å²) in [6.07, 6.45) is 1.88. The molecule has 126 valence electrons. The first-order valence-corrected chi connectivity index (χ1v) is 9.92. The normalized spacial score (nSPS) is 23.9. The number of aryl methyl sites for hydroxylation is 1. The molecule has 1 fully saturated rings. The van der Waals surface area contributed by atoms with Gasteiger partial charge < -0.3 is 5.32 Å². The van der Waals surface area contributed by atoms with Gasteiger partial charge in [0.05, 0.1) is 4.90 Å². The molecule has 0 saturated carbocycles. The molecule has 0 amide bonds. The minimum atomic E-state index is -3.43. The van der Waals surface area contributed by atoms with Gasteiger partial charge in [0.25, 0.3) is 0 Å². The molecule has 24 heavy (non-hydrogen) atoms. The minimum absolute atomic E-state index is 0.223. The Hall–Kier alpha value is -1.85. The van der Waals surface area contributed by atoms with Gasteiger partial charge in [0.1, 0.15) is 0 Å². The molecule has 0 bridgehead atoms. The average molecular weight is 342 g/mol. The fourth-order valence-electron chi connectivity index (χ4n) is 3.89. The Morgan fingerprint density at radius 2 is 1.92 bits per heavy atom. The van der Waals surface area contributed by atoms with Crippen LogP contribution in [0.25, 0.3) is 0 Å². The van der Waals surface area contributed by atoms with E-state index in [1.54, 1.807) is 28.6 Å². The Morgan fingerprint density at radius 3 is 2.71 bits per heavy atom. The summed E-state index contributed by atoms with van der Waals surface area (Å²) in [5.74, 6) is 0.223. The number of rotatable bonds is 2. The first-order valence-electron chi connectivity index (χ1n) is 8.48. The second kappa shape index (κ2) is 5.90. The fraction of sp³-hybridized carbons (Fsp3) is 0.368. The second-order valence-electron chi connectivity index (χ2n) is 6.77. The standard InChI is InChI=1S/C19H22N2O2S/c1-14-9-10-19-16(12-14)17-13-21(11-5-8-18(17)20-19)24(22,23)15-6-3-2-4-7-15/h2-4,6-7,9-10,12,17-18,20H,5,8,11,13H2,1H3. The molecule has 0 spiro atoms. The van der Waals surface area contributed by atoms with Gasteiger partial charge in [-0.1, -0.05) is 35.9 Å². The zero-order valence-corrected chi connectivity index (χ0v) is 14.6. The van der Waals surface area contributed by atoms with Crippen molar-refractivity contribution < 1.29 is 8.42 Å². The monoisotopic (exact) mass is 342 g/mol. The van der Waals surface area contributed by atoms with Crippen molar-refractivity contribution in [3.05, 3.63) is 59.7 Å². The number of anilines is 1. The molecule has 2 heterocycles. The fourth-order valence-corrected chi connectivity index (χ4v) is 5.42. The van der Waals surface area contributed by atoms with E-state index in [1.165, 1.54) is 11.1 Å². The van der Waals surface area contributed by atoms with Crippen LogP contribution >= 0.6 is 0 Å². The van der Waals surface area contributed by atoms with Crippen molar-refractivity contribution in [3.63, 3.8) is 0 Å². The Morgan fingerprint density at radius 1 is 1.12 bits per heavy atom. The topological polar surface area (TPSA) is 49.4 Å². The maximum absolute atomic E-state index is 13.0. The molecule has 2 atom stereocenters. The molecule has 2 aromatic rings. The van der Waals surface area contributed by atoms with Crippen LogP contribution in [0.3, 0.4) is 0 Å². The van der Waals surface area contributed by atoms with E-state index in [4.69, 9.17) is 0 Å². The Kier molecular flexibility index (Phi) is 3.85. The van der Waals surface area contributed by atoms with Crippen molar-refractivity contribution in [2.24, 2.45) is 0 Å². The number of nitrogens with one attached hydrogen (secondary N) is 1. The van der Waals surface area contributed by atoms with Crippen LogP contribution < -0.4 is 5.32 Å². The van der Waals surface area contributed by atoms with E-state index in [1.807, 2.05) is 6.07 Å². The summed E-state index contributed by atoms with van der Waals surface area (Å²) in [6.45, 7) is 3.22. The number of hydrogen-bond donors (Lipinski definition) is 1. The molecule has 2 unspecified atom stereocenters. The third-order valence-electron chi connectivity index (χ3n) is 5.14. The predicted octanol–water partition coefficient (Wildman–Crippen LogP) is 3.36. The Labute approximate surface area is 143 Å². The van der Waals surface area contributed by atoms with Crippen LogP contribution in [0.5, 0.6) is 0 Å². The van der Waals surface area contributed by atoms with Crippen molar-refractivity contribution in [2.45, 2.75) is 36.6 Å². The smallest absolute Gasteiger partial charge is 0.243 e. The Balaban J connectivity index is 1.68. The van der Waals surface area contributed by atoms with Gasteiger partial charge >= 0.3 is 0 Å². The number of sulfonamides is 1. The Bertz CT molecular complexity index is 849. The lowest BCUT2D eigenvalue weighted by atomic mass is 9.93.